The first kappa shape index (κ1) is 11.9. The highest BCUT2D eigenvalue weighted by Crippen LogP contribution is 2.40. The van der Waals surface area contributed by atoms with Gasteiger partial charge in [0.05, 0.1) is 0 Å². The SMILES string of the molecule is CC1C=CC=C(c2cccc3c2sc2ccccc23)C1. The average Bonchev–Trinajstić information content (AvgIpc) is 2.86. The van der Waals surface area contributed by atoms with Crippen molar-refractivity contribution in [2.24, 2.45) is 5.92 Å². The van der Waals surface area contributed by atoms with Crippen molar-refractivity contribution >= 4 is 37.1 Å². The molecule has 1 atom stereocenters. The summed E-state index contributed by atoms with van der Waals surface area (Å²) in [5, 5.41) is 2.78. The van der Waals surface area contributed by atoms with E-state index in [0.29, 0.717) is 5.92 Å². The van der Waals surface area contributed by atoms with E-state index in [4.69, 9.17) is 0 Å². The van der Waals surface area contributed by atoms with Gasteiger partial charge in [-0.3, -0.25) is 0 Å². The average molecular weight is 276 g/mol. The second kappa shape index (κ2) is 4.60. The molecule has 1 heteroatoms. The molecule has 0 radical (unpaired) electrons. The Bertz CT molecular complexity index is 848. The molecular formula is C19H16S. The molecular weight excluding hydrogens is 260 g/mol. The minimum atomic E-state index is 0.639. The van der Waals surface area contributed by atoms with Crippen LogP contribution in [0, 0.1) is 5.92 Å². The Labute approximate surface area is 123 Å². The van der Waals surface area contributed by atoms with E-state index in [2.05, 4.69) is 67.6 Å². The summed E-state index contributed by atoms with van der Waals surface area (Å²) in [5.41, 5.74) is 2.89. The van der Waals surface area contributed by atoms with Gasteiger partial charge < -0.3 is 0 Å². The Kier molecular flexibility index (Phi) is 2.75. The number of allylic oxidation sites excluding steroid dienone is 4. The summed E-state index contributed by atoms with van der Waals surface area (Å²) >= 11 is 1.92. The van der Waals surface area contributed by atoms with Crippen molar-refractivity contribution in [3.63, 3.8) is 0 Å². The lowest BCUT2D eigenvalue weighted by molar-refractivity contribution is 0.749. The van der Waals surface area contributed by atoms with Crippen LogP contribution in [-0.4, -0.2) is 0 Å². The van der Waals surface area contributed by atoms with Gasteiger partial charge in [-0.05, 0) is 29.5 Å². The van der Waals surface area contributed by atoms with E-state index in [1.807, 2.05) is 11.3 Å². The molecule has 1 aliphatic carbocycles. The van der Waals surface area contributed by atoms with Crippen LogP contribution in [0.15, 0.2) is 60.7 Å². The monoisotopic (exact) mass is 276 g/mol. The molecule has 0 aliphatic heterocycles. The Balaban J connectivity index is 2.01. The Morgan fingerprint density at radius 1 is 1.00 bits per heavy atom. The topological polar surface area (TPSA) is 0 Å². The summed E-state index contributed by atoms with van der Waals surface area (Å²) in [7, 11) is 0. The normalized spacial score (nSPS) is 18.6. The largest absolute Gasteiger partial charge is 0.135 e. The highest BCUT2D eigenvalue weighted by atomic mass is 32.1. The number of rotatable bonds is 1. The number of hydrogen-bond acceptors (Lipinski definition) is 1. The fourth-order valence-electron chi connectivity index (χ4n) is 3.04. The van der Waals surface area contributed by atoms with Gasteiger partial charge in [0.15, 0.2) is 0 Å². The molecule has 0 fully saturated rings. The quantitative estimate of drug-likeness (QED) is 0.508. The summed E-state index contributed by atoms with van der Waals surface area (Å²) in [4.78, 5) is 0. The highest BCUT2D eigenvalue weighted by Gasteiger charge is 2.14. The summed E-state index contributed by atoms with van der Waals surface area (Å²) in [6.45, 7) is 2.29. The molecule has 1 heterocycles. The summed E-state index contributed by atoms with van der Waals surface area (Å²) in [6.07, 6.45) is 7.91. The van der Waals surface area contributed by atoms with Gasteiger partial charge in [0.1, 0.15) is 0 Å². The first-order chi connectivity index (χ1) is 9.83. The molecule has 1 aromatic heterocycles. The molecule has 0 nitrogen and oxygen atoms in total. The maximum Gasteiger partial charge on any atom is 0.0430 e. The van der Waals surface area contributed by atoms with Crippen LogP contribution in [0.1, 0.15) is 18.9 Å². The molecule has 0 amide bonds. The van der Waals surface area contributed by atoms with Gasteiger partial charge in [-0.1, -0.05) is 61.5 Å². The first-order valence-electron chi connectivity index (χ1n) is 7.11. The molecule has 1 aliphatic rings. The van der Waals surface area contributed by atoms with E-state index in [1.165, 1.54) is 31.3 Å². The third kappa shape index (κ3) is 1.82. The third-order valence-electron chi connectivity index (χ3n) is 4.03. The van der Waals surface area contributed by atoms with Crippen LogP contribution in [0.5, 0.6) is 0 Å². The van der Waals surface area contributed by atoms with Crippen molar-refractivity contribution in [2.75, 3.05) is 0 Å². The summed E-state index contributed by atoms with van der Waals surface area (Å²) < 4.78 is 2.82. The number of benzene rings is 2. The second-order valence-electron chi connectivity index (χ2n) is 5.54. The van der Waals surface area contributed by atoms with Crippen molar-refractivity contribution in [2.45, 2.75) is 13.3 Å². The van der Waals surface area contributed by atoms with Crippen LogP contribution in [0.2, 0.25) is 0 Å². The minimum absolute atomic E-state index is 0.639. The van der Waals surface area contributed by atoms with E-state index in [-0.39, 0.29) is 0 Å². The number of fused-ring (bicyclic) bond motifs is 3. The Hall–Kier alpha value is -1.86. The van der Waals surface area contributed by atoms with Gasteiger partial charge in [-0.25, -0.2) is 0 Å². The van der Waals surface area contributed by atoms with E-state index in [1.54, 1.807) is 0 Å². The van der Waals surface area contributed by atoms with Crippen LogP contribution in [0.25, 0.3) is 25.7 Å². The maximum atomic E-state index is 2.29. The number of thiophene rings is 1. The lowest BCUT2D eigenvalue weighted by Crippen LogP contribution is -1.97. The zero-order valence-electron chi connectivity index (χ0n) is 11.5. The van der Waals surface area contributed by atoms with Crippen LogP contribution in [0.3, 0.4) is 0 Å². The summed E-state index contributed by atoms with van der Waals surface area (Å²) in [5.74, 6) is 0.639. The molecule has 3 aromatic rings. The smallest absolute Gasteiger partial charge is 0.0430 e. The Morgan fingerprint density at radius 3 is 2.75 bits per heavy atom. The van der Waals surface area contributed by atoms with Crippen molar-refractivity contribution < 1.29 is 0 Å². The lowest BCUT2D eigenvalue weighted by Gasteiger charge is -2.15. The highest BCUT2D eigenvalue weighted by molar-refractivity contribution is 7.26. The Morgan fingerprint density at radius 2 is 1.85 bits per heavy atom. The molecule has 0 spiro atoms. The van der Waals surface area contributed by atoms with E-state index in [0.717, 1.165) is 6.42 Å². The second-order valence-corrected chi connectivity index (χ2v) is 6.59. The zero-order chi connectivity index (χ0) is 13.5. The molecule has 2 aromatic carbocycles. The minimum Gasteiger partial charge on any atom is -0.135 e. The van der Waals surface area contributed by atoms with Crippen molar-refractivity contribution in [3.8, 4) is 0 Å². The fourth-order valence-corrected chi connectivity index (χ4v) is 4.30. The lowest BCUT2D eigenvalue weighted by atomic mass is 9.90. The zero-order valence-corrected chi connectivity index (χ0v) is 12.3. The molecule has 1 unspecified atom stereocenters. The van der Waals surface area contributed by atoms with Gasteiger partial charge in [0.2, 0.25) is 0 Å². The van der Waals surface area contributed by atoms with Gasteiger partial charge in [0, 0.05) is 20.2 Å². The van der Waals surface area contributed by atoms with Gasteiger partial charge in [-0.2, -0.15) is 0 Å². The predicted octanol–water partition coefficient (Wildman–Crippen LogP) is 6.03. The standard InChI is InChI=1S/C19H16S/c1-13-6-4-7-14(12-13)15-9-5-10-17-16-8-2-3-11-18(16)20-19(15)17/h2-11,13H,12H2,1H3. The van der Waals surface area contributed by atoms with E-state index >= 15 is 0 Å². The van der Waals surface area contributed by atoms with E-state index in [9.17, 15) is 0 Å². The van der Waals surface area contributed by atoms with Crippen LogP contribution < -0.4 is 0 Å². The van der Waals surface area contributed by atoms with Crippen LogP contribution in [0.4, 0.5) is 0 Å². The van der Waals surface area contributed by atoms with E-state index < -0.39 is 0 Å². The first-order valence-corrected chi connectivity index (χ1v) is 7.92. The van der Waals surface area contributed by atoms with Crippen LogP contribution >= 0.6 is 11.3 Å². The van der Waals surface area contributed by atoms with Crippen molar-refractivity contribution in [1.29, 1.82) is 0 Å². The van der Waals surface area contributed by atoms with Crippen molar-refractivity contribution in [1.82, 2.24) is 0 Å². The van der Waals surface area contributed by atoms with Gasteiger partial charge >= 0.3 is 0 Å². The fraction of sp³-hybridized carbons (Fsp3) is 0.158. The molecule has 20 heavy (non-hydrogen) atoms. The molecule has 98 valence electrons. The predicted molar refractivity (Wildman–Crippen MR) is 90.2 cm³/mol. The van der Waals surface area contributed by atoms with Gasteiger partial charge in [-0.15, -0.1) is 11.3 Å². The van der Waals surface area contributed by atoms with Gasteiger partial charge in [0.25, 0.3) is 0 Å². The molecule has 0 saturated heterocycles. The molecule has 4 rings (SSSR count). The molecule has 0 saturated carbocycles. The van der Waals surface area contributed by atoms with Crippen LogP contribution in [-0.2, 0) is 0 Å². The maximum absolute atomic E-state index is 2.29. The molecule has 0 N–H and O–H groups in total. The number of hydrogen-bond donors (Lipinski definition) is 0. The molecule has 0 bridgehead atoms. The third-order valence-corrected chi connectivity index (χ3v) is 5.25. The summed E-state index contributed by atoms with van der Waals surface area (Å²) in [6, 6.07) is 15.4. The van der Waals surface area contributed by atoms with Crippen molar-refractivity contribution in [3.05, 3.63) is 66.3 Å².